The third-order valence-corrected chi connectivity index (χ3v) is 1.48. The summed E-state index contributed by atoms with van der Waals surface area (Å²) in [5.41, 5.74) is 0. The largest absolute Gasteiger partial charge is 0.478 e. The van der Waals surface area contributed by atoms with E-state index in [-0.39, 0.29) is 11.9 Å². The van der Waals surface area contributed by atoms with E-state index < -0.39 is 12.1 Å². The molecule has 0 radical (unpaired) electrons. The summed E-state index contributed by atoms with van der Waals surface area (Å²) in [7, 11) is 0. The van der Waals surface area contributed by atoms with Crippen LogP contribution in [0.3, 0.4) is 0 Å². The first-order valence-corrected chi connectivity index (χ1v) is 4.39. The maximum absolute atomic E-state index is 10.8. The maximum atomic E-state index is 10.8. The van der Waals surface area contributed by atoms with Crippen LogP contribution >= 0.6 is 0 Å². The fraction of sp³-hybridized carbons (Fsp3) is 0.200. The molecular weight excluding hydrogens is 246 g/mol. The zero-order chi connectivity index (χ0) is 12.8. The van der Waals surface area contributed by atoms with Gasteiger partial charge in [0.15, 0.2) is 0 Å². The van der Waals surface area contributed by atoms with Crippen molar-refractivity contribution in [1.29, 1.82) is 0 Å². The smallest absolute Gasteiger partial charge is 0.355 e. The summed E-state index contributed by atoms with van der Waals surface area (Å²) in [6, 6.07) is 0. The van der Waals surface area contributed by atoms with Gasteiger partial charge in [-0.3, -0.25) is 0 Å². The number of H-pyrrole nitrogens is 2. The van der Waals surface area contributed by atoms with Gasteiger partial charge in [0.25, 0.3) is 12.1 Å². The highest BCUT2D eigenvalue weighted by atomic mass is 16.4. The number of aliphatic carboxylic acids is 1. The van der Waals surface area contributed by atoms with Gasteiger partial charge in [0.2, 0.25) is 0 Å². The van der Waals surface area contributed by atoms with Crippen molar-refractivity contribution in [3.63, 3.8) is 0 Å². The van der Waals surface area contributed by atoms with Crippen molar-refractivity contribution in [2.24, 2.45) is 20.5 Å². The Morgan fingerprint density at radius 3 is 2.83 bits per heavy atom. The number of nitrogens with one attached hydrogen (secondary N) is 2. The lowest BCUT2D eigenvalue weighted by Gasteiger charge is -1.95. The second-order valence-electron chi connectivity index (χ2n) is 2.66. The van der Waals surface area contributed by atoms with Crippen molar-refractivity contribution in [3.05, 3.63) is 6.33 Å². The van der Waals surface area contributed by atoms with E-state index in [0.29, 0.717) is 0 Å². The standard InChI is InChI=1S/C5H5N11O2/c17-3(18)2(8-11-4-6-1-7-10-4)9-12-5-13-15-16-14-5/h1-2H,(H,17,18)(H,6,7,10)(H,13,14,15,16)/b11-8+,12-9+. The monoisotopic (exact) mass is 251 g/mol. The van der Waals surface area contributed by atoms with Crippen molar-refractivity contribution in [3.8, 4) is 0 Å². The van der Waals surface area contributed by atoms with E-state index in [1.165, 1.54) is 6.33 Å². The maximum Gasteiger partial charge on any atom is 0.355 e. The molecule has 0 aliphatic rings. The Hall–Kier alpha value is -3.12. The topological polar surface area (TPSA) is 183 Å². The average Bonchev–Trinajstić information content (AvgIpc) is 3.00. The van der Waals surface area contributed by atoms with E-state index in [0.717, 1.165) is 0 Å². The van der Waals surface area contributed by atoms with Crippen LogP contribution in [0, 0.1) is 0 Å². The number of aromatic amines is 2. The van der Waals surface area contributed by atoms with Crippen molar-refractivity contribution in [2.45, 2.75) is 6.17 Å². The van der Waals surface area contributed by atoms with Gasteiger partial charge in [0.05, 0.1) is 0 Å². The summed E-state index contributed by atoms with van der Waals surface area (Å²) in [4.78, 5) is 14.4. The second-order valence-corrected chi connectivity index (χ2v) is 2.66. The van der Waals surface area contributed by atoms with Gasteiger partial charge in [0, 0.05) is 0 Å². The van der Waals surface area contributed by atoms with E-state index >= 15 is 0 Å². The van der Waals surface area contributed by atoms with Gasteiger partial charge in [-0.05, 0) is 5.21 Å². The number of azo groups is 2. The van der Waals surface area contributed by atoms with E-state index in [1.807, 2.05) is 0 Å². The van der Waals surface area contributed by atoms with Crippen LogP contribution in [0.1, 0.15) is 0 Å². The molecule has 13 heteroatoms. The Bertz CT molecular complexity index is 498. The number of carboxylic acids is 1. The van der Waals surface area contributed by atoms with E-state index in [4.69, 9.17) is 5.11 Å². The molecule has 0 fully saturated rings. The first-order valence-electron chi connectivity index (χ1n) is 4.39. The number of carboxylic acid groups (broad SMARTS) is 1. The number of nitrogens with zero attached hydrogens (tertiary/aromatic N) is 9. The van der Waals surface area contributed by atoms with E-state index in [9.17, 15) is 4.79 Å². The van der Waals surface area contributed by atoms with Crippen LogP contribution < -0.4 is 0 Å². The van der Waals surface area contributed by atoms with Crippen molar-refractivity contribution in [2.75, 3.05) is 0 Å². The minimum atomic E-state index is -1.53. The minimum Gasteiger partial charge on any atom is -0.478 e. The molecule has 2 rings (SSSR count). The first-order chi connectivity index (χ1) is 8.75. The third-order valence-electron chi connectivity index (χ3n) is 1.48. The Morgan fingerprint density at radius 2 is 2.22 bits per heavy atom. The number of aromatic nitrogens is 7. The van der Waals surface area contributed by atoms with Gasteiger partial charge in [-0.2, -0.15) is 15.3 Å². The molecule has 1 atom stereocenters. The normalized spacial score (nSPS) is 13.3. The zero-order valence-electron chi connectivity index (χ0n) is 8.54. The number of hydrogen-bond donors (Lipinski definition) is 3. The molecule has 1 unspecified atom stereocenters. The molecule has 2 aromatic heterocycles. The predicted molar refractivity (Wildman–Crippen MR) is 51.0 cm³/mol. The molecule has 0 aliphatic carbocycles. The summed E-state index contributed by atoms with van der Waals surface area (Å²) in [6.45, 7) is 0. The number of hydrogen-bond acceptors (Lipinski definition) is 10. The van der Waals surface area contributed by atoms with E-state index in [1.54, 1.807) is 0 Å². The Kier molecular flexibility index (Phi) is 3.34. The molecule has 0 amide bonds. The molecule has 0 bridgehead atoms. The van der Waals surface area contributed by atoms with Crippen LogP contribution in [-0.2, 0) is 4.79 Å². The summed E-state index contributed by atoms with van der Waals surface area (Å²) in [5, 5.41) is 40.6. The summed E-state index contributed by atoms with van der Waals surface area (Å²) in [6.07, 6.45) is -0.334. The molecule has 0 saturated carbocycles. The van der Waals surface area contributed by atoms with Gasteiger partial charge < -0.3 is 5.11 Å². The van der Waals surface area contributed by atoms with Gasteiger partial charge in [0.1, 0.15) is 6.33 Å². The molecule has 0 aliphatic heterocycles. The van der Waals surface area contributed by atoms with Crippen molar-refractivity contribution >= 4 is 17.9 Å². The molecule has 92 valence electrons. The van der Waals surface area contributed by atoms with Gasteiger partial charge >= 0.3 is 11.9 Å². The lowest BCUT2D eigenvalue weighted by atomic mass is 10.6. The molecule has 3 N–H and O–H groups in total. The SMILES string of the molecule is O=C(O)C(/N=N/c1nn[nH]n1)/N=N/c1ncn[nH]1. The van der Waals surface area contributed by atoms with Crippen molar-refractivity contribution in [1.82, 2.24) is 35.8 Å². The molecule has 13 nitrogen and oxygen atoms in total. The van der Waals surface area contributed by atoms with Crippen LogP contribution in [0.15, 0.2) is 26.8 Å². The summed E-state index contributed by atoms with van der Waals surface area (Å²) < 4.78 is 0. The highest BCUT2D eigenvalue weighted by molar-refractivity contribution is 5.73. The first kappa shape index (κ1) is 11.4. The summed E-state index contributed by atoms with van der Waals surface area (Å²) >= 11 is 0. The molecule has 0 saturated heterocycles. The fourth-order valence-corrected chi connectivity index (χ4v) is 0.784. The lowest BCUT2D eigenvalue weighted by molar-refractivity contribution is -0.138. The van der Waals surface area contributed by atoms with Crippen LogP contribution in [-0.4, -0.2) is 53.0 Å². The van der Waals surface area contributed by atoms with E-state index in [2.05, 4.69) is 56.3 Å². The third kappa shape index (κ3) is 2.94. The minimum absolute atomic E-state index is 0.0519. The quantitative estimate of drug-likeness (QED) is 0.603. The lowest BCUT2D eigenvalue weighted by Crippen LogP contribution is -2.13. The summed E-state index contributed by atoms with van der Waals surface area (Å²) in [5.74, 6) is -1.40. The Balaban J connectivity index is 2.07. The van der Waals surface area contributed by atoms with Crippen LogP contribution in [0.2, 0.25) is 0 Å². The van der Waals surface area contributed by atoms with Gasteiger partial charge in [-0.15, -0.1) is 25.6 Å². The van der Waals surface area contributed by atoms with Crippen molar-refractivity contribution < 1.29 is 9.90 Å². The Morgan fingerprint density at radius 1 is 1.39 bits per heavy atom. The van der Waals surface area contributed by atoms with Gasteiger partial charge in [-0.1, -0.05) is 5.10 Å². The van der Waals surface area contributed by atoms with Gasteiger partial charge in [-0.25, -0.2) is 9.89 Å². The zero-order valence-corrected chi connectivity index (χ0v) is 8.54. The average molecular weight is 251 g/mol. The number of tetrazole rings is 1. The van der Waals surface area contributed by atoms with Crippen LogP contribution in [0.25, 0.3) is 0 Å². The number of rotatable bonds is 5. The molecule has 0 spiro atoms. The highest BCUT2D eigenvalue weighted by Crippen LogP contribution is 2.06. The molecule has 2 heterocycles. The second kappa shape index (κ2) is 5.28. The van der Waals surface area contributed by atoms with Crippen LogP contribution in [0.4, 0.5) is 11.9 Å². The molecular formula is C5H5N11O2. The number of carbonyl (C=O) groups is 1. The predicted octanol–water partition coefficient (Wildman–Crippen LogP) is -0.404. The van der Waals surface area contributed by atoms with Crippen LogP contribution in [0.5, 0.6) is 0 Å². The molecule has 0 aromatic carbocycles. The fourth-order valence-electron chi connectivity index (χ4n) is 0.784. The highest BCUT2D eigenvalue weighted by Gasteiger charge is 2.15. The molecule has 2 aromatic rings. The Labute approximate surface area is 97.5 Å². The molecule has 18 heavy (non-hydrogen) atoms.